The predicted molar refractivity (Wildman–Crippen MR) is 140 cm³/mol. The molecule has 3 atom stereocenters. The van der Waals surface area contributed by atoms with Crippen LogP contribution in [0.3, 0.4) is 0 Å². The maximum atomic E-state index is 13.6. The molecule has 1 saturated heterocycles. The lowest BCUT2D eigenvalue weighted by Crippen LogP contribution is -2.61. The van der Waals surface area contributed by atoms with E-state index in [1.165, 1.54) is 16.4 Å². The molecule has 1 aromatic carbocycles. The average Bonchev–Trinajstić information content (AvgIpc) is 2.77. The zero-order valence-electron chi connectivity index (χ0n) is 20.6. The van der Waals surface area contributed by atoms with Gasteiger partial charge in [-0.25, -0.2) is 0 Å². The lowest BCUT2D eigenvalue weighted by Gasteiger charge is -2.60. The Labute approximate surface area is 227 Å². The van der Waals surface area contributed by atoms with Crippen molar-refractivity contribution in [1.29, 1.82) is 5.26 Å². The minimum absolute atomic E-state index is 0.0199. The third kappa shape index (κ3) is 4.91. The first kappa shape index (κ1) is 26.5. The lowest BCUT2D eigenvalue weighted by molar-refractivity contribution is -0.134. The van der Waals surface area contributed by atoms with Crippen LogP contribution in [0.15, 0.2) is 12.1 Å². The third-order valence-electron chi connectivity index (χ3n) is 8.59. The van der Waals surface area contributed by atoms with Crippen molar-refractivity contribution in [3.8, 4) is 6.07 Å². The number of nitriles is 1. The summed E-state index contributed by atoms with van der Waals surface area (Å²) in [6.45, 7) is 1.94. The van der Waals surface area contributed by atoms with E-state index in [1.807, 2.05) is 13.0 Å². The van der Waals surface area contributed by atoms with Crippen LogP contribution in [-0.2, 0) is 19.8 Å². The molecule has 3 N–H and O–H groups in total. The number of rotatable bonds is 6. The molecule has 1 aromatic rings. The number of hydrogen-bond acceptors (Lipinski definition) is 5. The van der Waals surface area contributed by atoms with Crippen LogP contribution in [0.4, 0.5) is 5.69 Å². The van der Waals surface area contributed by atoms with Gasteiger partial charge in [-0.2, -0.15) is 18.0 Å². The molecular formula is C25H31Cl2N5O4S. The molecule has 4 aliphatic carbocycles. The van der Waals surface area contributed by atoms with Crippen LogP contribution in [0.1, 0.15) is 51.0 Å². The molecule has 6 rings (SSSR count). The highest BCUT2D eigenvalue weighted by Gasteiger charge is 2.56. The van der Waals surface area contributed by atoms with Gasteiger partial charge in [0.15, 0.2) is 0 Å². The first-order valence-electron chi connectivity index (χ1n) is 12.7. The topological polar surface area (TPSA) is 137 Å². The van der Waals surface area contributed by atoms with Crippen molar-refractivity contribution >= 4 is 50.9 Å². The van der Waals surface area contributed by atoms with Crippen LogP contribution in [-0.4, -0.2) is 50.2 Å². The van der Waals surface area contributed by atoms with Gasteiger partial charge in [0.25, 0.3) is 0 Å². The molecule has 37 heavy (non-hydrogen) atoms. The molecule has 0 radical (unpaired) electrons. The molecule has 200 valence electrons. The van der Waals surface area contributed by atoms with Crippen LogP contribution in [0, 0.1) is 40.4 Å². The molecule has 3 unspecified atom stereocenters. The van der Waals surface area contributed by atoms with E-state index >= 15 is 0 Å². The SMILES string of the molecule is CC1CN(CC(=O)NC2C3CC4CC2CC(CC(N)=O)(C4)C3)S(=O)(=O)N(c2c(Cl)cc(C#N)cc2Cl)C1. The molecule has 5 aliphatic rings. The average molecular weight is 569 g/mol. The van der Waals surface area contributed by atoms with E-state index in [2.05, 4.69) is 5.32 Å². The van der Waals surface area contributed by atoms with Gasteiger partial charge in [0, 0.05) is 25.6 Å². The molecule has 0 spiro atoms. The Hall–Kier alpha value is -2.06. The standard InChI is InChI=1S/C25H31Cl2N5O4S/c1-14-11-31(37(35,36)32(12-14)24-19(26)4-16(10-28)5-20(24)27)13-22(34)30-23-17-2-15-3-18(23)8-25(6-15,7-17)9-21(29)33/h4-5,14-15,17-18,23H,2-3,6-9,11-13H2,1H3,(H2,29,33)(H,30,34). The molecule has 9 nitrogen and oxygen atoms in total. The number of nitrogens with zero attached hydrogens (tertiary/aromatic N) is 3. The predicted octanol–water partition coefficient (Wildman–Crippen LogP) is 3.05. The molecule has 1 aliphatic heterocycles. The number of nitrogens with two attached hydrogens (primary N) is 1. The lowest BCUT2D eigenvalue weighted by atomic mass is 9.47. The second-order valence-corrected chi connectivity index (χ2v) is 14.2. The number of hydrogen-bond donors (Lipinski definition) is 2. The Morgan fingerprint density at radius 1 is 1.16 bits per heavy atom. The minimum Gasteiger partial charge on any atom is -0.370 e. The number of amides is 2. The third-order valence-corrected chi connectivity index (χ3v) is 11.0. The summed E-state index contributed by atoms with van der Waals surface area (Å²) in [5.41, 5.74) is 5.84. The first-order chi connectivity index (χ1) is 17.4. The quantitative estimate of drug-likeness (QED) is 0.544. The number of anilines is 1. The normalized spacial score (nSPS) is 34.2. The van der Waals surface area contributed by atoms with Gasteiger partial charge < -0.3 is 11.1 Å². The summed E-state index contributed by atoms with van der Waals surface area (Å²) >= 11 is 12.7. The van der Waals surface area contributed by atoms with Crippen molar-refractivity contribution < 1.29 is 18.0 Å². The highest BCUT2D eigenvalue weighted by molar-refractivity contribution is 7.90. The Morgan fingerprint density at radius 3 is 2.35 bits per heavy atom. The second-order valence-electron chi connectivity index (χ2n) is 11.5. The summed E-state index contributed by atoms with van der Waals surface area (Å²) in [7, 11) is -4.09. The molecule has 4 saturated carbocycles. The Bertz CT molecular complexity index is 1240. The maximum absolute atomic E-state index is 13.6. The molecular weight excluding hydrogens is 537 g/mol. The van der Waals surface area contributed by atoms with Gasteiger partial charge in [-0.3, -0.25) is 13.9 Å². The zero-order valence-corrected chi connectivity index (χ0v) is 22.9. The van der Waals surface area contributed by atoms with Crippen LogP contribution < -0.4 is 15.4 Å². The molecule has 4 bridgehead atoms. The zero-order chi connectivity index (χ0) is 26.7. The van der Waals surface area contributed by atoms with E-state index < -0.39 is 10.2 Å². The van der Waals surface area contributed by atoms with Gasteiger partial charge in [-0.15, -0.1) is 0 Å². The van der Waals surface area contributed by atoms with E-state index in [0.717, 1.165) is 36.4 Å². The Morgan fingerprint density at radius 2 is 1.78 bits per heavy atom. The summed E-state index contributed by atoms with van der Waals surface area (Å²) in [6.07, 6.45) is 5.21. The largest absolute Gasteiger partial charge is 0.370 e. The molecule has 2 amide bonds. The number of nitrogens with one attached hydrogen (secondary N) is 1. The van der Waals surface area contributed by atoms with Gasteiger partial charge in [-0.05, 0) is 73.3 Å². The number of halogens is 2. The van der Waals surface area contributed by atoms with Gasteiger partial charge in [0.1, 0.15) is 0 Å². The number of primary amides is 1. The highest BCUT2D eigenvalue weighted by atomic mass is 35.5. The van der Waals surface area contributed by atoms with E-state index in [4.69, 9.17) is 34.2 Å². The van der Waals surface area contributed by atoms with Crippen LogP contribution >= 0.6 is 23.2 Å². The first-order valence-corrected chi connectivity index (χ1v) is 14.8. The fraction of sp³-hybridized carbons (Fsp3) is 0.640. The van der Waals surface area contributed by atoms with E-state index in [0.29, 0.717) is 12.3 Å². The maximum Gasteiger partial charge on any atom is 0.304 e. The van der Waals surface area contributed by atoms with Gasteiger partial charge in [0.05, 0.1) is 33.9 Å². The van der Waals surface area contributed by atoms with Crippen molar-refractivity contribution in [3.63, 3.8) is 0 Å². The van der Waals surface area contributed by atoms with E-state index in [1.54, 1.807) is 0 Å². The Kier molecular flexibility index (Phi) is 6.89. The summed E-state index contributed by atoms with van der Waals surface area (Å²) in [6, 6.07) is 4.69. The van der Waals surface area contributed by atoms with Crippen molar-refractivity contribution in [2.45, 2.75) is 51.5 Å². The summed E-state index contributed by atoms with van der Waals surface area (Å²) < 4.78 is 29.5. The van der Waals surface area contributed by atoms with E-state index in [-0.39, 0.29) is 82.0 Å². The van der Waals surface area contributed by atoms with Gasteiger partial charge >= 0.3 is 10.2 Å². The van der Waals surface area contributed by atoms with Crippen molar-refractivity contribution in [1.82, 2.24) is 9.62 Å². The van der Waals surface area contributed by atoms with Crippen LogP contribution in [0.25, 0.3) is 0 Å². The second kappa shape index (κ2) is 9.60. The van der Waals surface area contributed by atoms with Gasteiger partial charge in [-0.1, -0.05) is 30.1 Å². The molecule has 1 heterocycles. The molecule has 5 fully saturated rings. The number of carbonyl (C=O) groups excluding carboxylic acids is 2. The summed E-state index contributed by atoms with van der Waals surface area (Å²) in [4.78, 5) is 24.9. The monoisotopic (exact) mass is 567 g/mol. The van der Waals surface area contributed by atoms with Crippen molar-refractivity contribution in [2.75, 3.05) is 23.9 Å². The fourth-order valence-corrected chi connectivity index (χ4v) is 10.3. The summed E-state index contributed by atoms with van der Waals surface area (Å²) in [5.74, 6) is 0.422. The van der Waals surface area contributed by atoms with Crippen molar-refractivity contribution in [2.24, 2.45) is 34.8 Å². The van der Waals surface area contributed by atoms with Crippen LogP contribution in [0.5, 0.6) is 0 Å². The fourth-order valence-electron chi connectivity index (χ4n) is 7.64. The van der Waals surface area contributed by atoms with Crippen molar-refractivity contribution in [3.05, 3.63) is 27.7 Å². The van der Waals surface area contributed by atoms with E-state index in [9.17, 15) is 18.0 Å². The summed E-state index contributed by atoms with van der Waals surface area (Å²) in [5, 5.41) is 12.4. The smallest absolute Gasteiger partial charge is 0.304 e. The Balaban J connectivity index is 1.31. The van der Waals surface area contributed by atoms with Gasteiger partial charge in [0.2, 0.25) is 11.8 Å². The minimum atomic E-state index is -4.09. The molecule has 0 aromatic heterocycles. The number of carbonyl (C=O) groups is 2. The highest BCUT2D eigenvalue weighted by Crippen LogP contribution is 2.61. The molecule has 12 heteroatoms. The number of benzene rings is 1. The van der Waals surface area contributed by atoms with Crippen LogP contribution in [0.2, 0.25) is 10.0 Å².